The summed E-state index contributed by atoms with van der Waals surface area (Å²) in [6.07, 6.45) is 5.10. The highest BCUT2D eigenvalue weighted by atomic mass is 35.5. The number of halogens is 1. The predicted octanol–water partition coefficient (Wildman–Crippen LogP) is 1.27. The molecule has 0 spiro atoms. The number of hydrogen-bond acceptors (Lipinski definition) is 4. The van der Waals surface area contributed by atoms with Crippen LogP contribution < -0.4 is 5.73 Å². The van der Waals surface area contributed by atoms with Crippen molar-refractivity contribution < 1.29 is 9.47 Å². The summed E-state index contributed by atoms with van der Waals surface area (Å²) in [4.78, 5) is 2.53. The summed E-state index contributed by atoms with van der Waals surface area (Å²) >= 11 is 0. The zero-order valence-corrected chi connectivity index (χ0v) is 11.7. The van der Waals surface area contributed by atoms with Crippen LogP contribution in [-0.4, -0.2) is 57.5 Å². The Morgan fingerprint density at radius 3 is 2.76 bits per heavy atom. The second-order valence-electron chi connectivity index (χ2n) is 4.37. The molecule has 1 saturated heterocycles. The molecule has 0 aliphatic carbocycles. The highest BCUT2D eigenvalue weighted by Gasteiger charge is 2.20. The molecule has 1 heterocycles. The third-order valence-corrected chi connectivity index (χ3v) is 3.20. The summed E-state index contributed by atoms with van der Waals surface area (Å²) in [5.74, 6) is 0. The van der Waals surface area contributed by atoms with Crippen molar-refractivity contribution in [3.05, 3.63) is 0 Å². The number of nitrogens with two attached hydrogens (primary N) is 1. The SMILES string of the molecule is COCCOCCN1CCCCC1CCN.Cl. The smallest absolute Gasteiger partial charge is 0.0700 e. The minimum Gasteiger partial charge on any atom is -0.382 e. The first-order valence-electron chi connectivity index (χ1n) is 6.39. The van der Waals surface area contributed by atoms with Crippen molar-refractivity contribution >= 4 is 12.4 Å². The molecule has 0 radical (unpaired) electrons. The monoisotopic (exact) mass is 266 g/mol. The number of ether oxygens (including phenoxy) is 2. The van der Waals surface area contributed by atoms with Crippen molar-refractivity contribution in [1.29, 1.82) is 0 Å². The second kappa shape index (κ2) is 11.2. The van der Waals surface area contributed by atoms with E-state index in [4.69, 9.17) is 15.2 Å². The maximum atomic E-state index is 5.64. The summed E-state index contributed by atoms with van der Waals surface area (Å²) in [7, 11) is 1.70. The maximum absolute atomic E-state index is 5.64. The molecule has 1 aliphatic heterocycles. The predicted molar refractivity (Wildman–Crippen MR) is 72.8 cm³/mol. The lowest BCUT2D eigenvalue weighted by molar-refractivity contribution is 0.0414. The molecule has 1 rings (SSSR count). The lowest BCUT2D eigenvalue weighted by Gasteiger charge is -2.35. The zero-order chi connectivity index (χ0) is 11.6. The summed E-state index contributed by atoms with van der Waals surface area (Å²) in [6.45, 7) is 5.24. The quantitative estimate of drug-likeness (QED) is 0.673. The molecule has 1 unspecified atom stereocenters. The van der Waals surface area contributed by atoms with Crippen molar-refractivity contribution in [1.82, 2.24) is 4.90 Å². The molecular weight excluding hydrogens is 240 g/mol. The molecule has 1 fully saturated rings. The van der Waals surface area contributed by atoms with Crippen LogP contribution in [0.25, 0.3) is 0 Å². The van der Waals surface area contributed by atoms with Crippen molar-refractivity contribution in [2.24, 2.45) is 5.73 Å². The number of nitrogens with zero attached hydrogens (tertiary/aromatic N) is 1. The first kappa shape index (κ1) is 17.1. The van der Waals surface area contributed by atoms with Crippen LogP contribution in [0.15, 0.2) is 0 Å². The van der Waals surface area contributed by atoms with Crippen molar-refractivity contribution in [2.75, 3.05) is 46.6 Å². The normalized spacial score (nSPS) is 21.2. The average Bonchev–Trinajstić information content (AvgIpc) is 2.31. The first-order valence-corrected chi connectivity index (χ1v) is 6.39. The average molecular weight is 267 g/mol. The molecule has 104 valence electrons. The van der Waals surface area contributed by atoms with Gasteiger partial charge in [0.1, 0.15) is 0 Å². The van der Waals surface area contributed by atoms with Crippen molar-refractivity contribution in [3.8, 4) is 0 Å². The summed E-state index contributed by atoms with van der Waals surface area (Å²) in [5, 5.41) is 0. The van der Waals surface area contributed by atoms with Gasteiger partial charge in [-0.25, -0.2) is 0 Å². The molecule has 4 nitrogen and oxygen atoms in total. The van der Waals surface area contributed by atoms with Gasteiger partial charge in [0.25, 0.3) is 0 Å². The van der Waals surface area contributed by atoms with E-state index in [1.165, 1.54) is 25.8 Å². The largest absolute Gasteiger partial charge is 0.382 e. The van der Waals surface area contributed by atoms with E-state index in [0.717, 1.165) is 26.1 Å². The summed E-state index contributed by atoms with van der Waals surface area (Å²) < 4.78 is 10.4. The Morgan fingerprint density at radius 2 is 2.06 bits per heavy atom. The summed E-state index contributed by atoms with van der Waals surface area (Å²) in [6, 6.07) is 0.685. The van der Waals surface area contributed by atoms with Gasteiger partial charge in [-0.1, -0.05) is 6.42 Å². The van der Waals surface area contributed by atoms with Crippen molar-refractivity contribution in [3.63, 3.8) is 0 Å². The molecule has 0 saturated carbocycles. The Balaban J connectivity index is 0.00000256. The zero-order valence-electron chi connectivity index (χ0n) is 10.9. The van der Waals surface area contributed by atoms with Crippen LogP contribution in [0.3, 0.4) is 0 Å². The molecular formula is C12H27ClN2O2. The lowest BCUT2D eigenvalue weighted by atomic mass is 9.99. The van der Waals surface area contributed by atoms with Gasteiger partial charge in [0.2, 0.25) is 0 Å². The lowest BCUT2D eigenvalue weighted by Crippen LogP contribution is -2.42. The molecule has 0 bridgehead atoms. The molecule has 0 aromatic carbocycles. The number of piperidine rings is 1. The Kier molecular flexibility index (Phi) is 11.3. The van der Waals surface area contributed by atoms with Crippen LogP contribution >= 0.6 is 12.4 Å². The van der Waals surface area contributed by atoms with Crippen molar-refractivity contribution in [2.45, 2.75) is 31.7 Å². The molecule has 1 aliphatic rings. The van der Waals surface area contributed by atoms with Crippen LogP contribution in [0.4, 0.5) is 0 Å². The van der Waals surface area contributed by atoms with E-state index < -0.39 is 0 Å². The standard InChI is InChI=1S/C12H26N2O2.ClH/c1-15-10-11-16-9-8-14-7-3-2-4-12(14)5-6-13;/h12H,2-11,13H2,1H3;1H. The third-order valence-electron chi connectivity index (χ3n) is 3.20. The first-order chi connectivity index (χ1) is 7.88. The minimum absolute atomic E-state index is 0. The molecule has 0 amide bonds. The van der Waals surface area contributed by atoms with Gasteiger partial charge < -0.3 is 15.2 Å². The van der Waals surface area contributed by atoms with E-state index in [0.29, 0.717) is 19.3 Å². The molecule has 2 N–H and O–H groups in total. The van der Waals surface area contributed by atoms with E-state index in [2.05, 4.69) is 4.90 Å². The Labute approximate surface area is 111 Å². The molecule has 1 atom stereocenters. The topological polar surface area (TPSA) is 47.7 Å². The molecule has 0 aromatic rings. The highest BCUT2D eigenvalue weighted by molar-refractivity contribution is 5.85. The minimum atomic E-state index is 0. The van der Waals surface area contributed by atoms with E-state index in [9.17, 15) is 0 Å². The second-order valence-corrected chi connectivity index (χ2v) is 4.37. The van der Waals surface area contributed by atoms with Gasteiger partial charge in [-0.05, 0) is 32.4 Å². The molecule has 5 heteroatoms. The Morgan fingerprint density at radius 1 is 1.24 bits per heavy atom. The van der Waals surface area contributed by atoms with Gasteiger partial charge in [-0.15, -0.1) is 12.4 Å². The number of likely N-dealkylation sites (tertiary alicyclic amines) is 1. The Hall–Kier alpha value is 0.130. The Bertz CT molecular complexity index is 171. The van der Waals surface area contributed by atoms with Gasteiger partial charge in [-0.2, -0.15) is 0 Å². The van der Waals surface area contributed by atoms with Gasteiger partial charge in [-0.3, -0.25) is 4.90 Å². The van der Waals surface area contributed by atoms with E-state index in [-0.39, 0.29) is 12.4 Å². The van der Waals surface area contributed by atoms with Gasteiger partial charge >= 0.3 is 0 Å². The van der Waals surface area contributed by atoms with Gasteiger partial charge in [0, 0.05) is 19.7 Å². The van der Waals surface area contributed by atoms with E-state index >= 15 is 0 Å². The van der Waals surface area contributed by atoms with Gasteiger partial charge in [0.05, 0.1) is 19.8 Å². The number of hydrogen-bond donors (Lipinski definition) is 1. The van der Waals surface area contributed by atoms with Crippen LogP contribution in [-0.2, 0) is 9.47 Å². The fourth-order valence-corrected chi connectivity index (χ4v) is 2.30. The highest BCUT2D eigenvalue weighted by Crippen LogP contribution is 2.18. The summed E-state index contributed by atoms with van der Waals surface area (Å²) in [5.41, 5.74) is 5.64. The van der Waals surface area contributed by atoms with Crippen LogP contribution in [0.5, 0.6) is 0 Å². The van der Waals surface area contributed by atoms with Gasteiger partial charge in [0.15, 0.2) is 0 Å². The maximum Gasteiger partial charge on any atom is 0.0700 e. The molecule has 0 aromatic heterocycles. The number of rotatable bonds is 8. The third kappa shape index (κ3) is 7.21. The van der Waals surface area contributed by atoms with Crippen LogP contribution in [0, 0.1) is 0 Å². The van der Waals surface area contributed by atoms with E-state index in [1.807, 2.05) is 0 Å². The van der Waals surface area contributed by atoms with E-state index in [1.54, 1.807) is 7.11 Å². The van der Waals surface area contributed by atoms with Crippen LogP contribution in [0.2, 0.25) is 0 Å². The molecule has 17 heavy (non-hydrogen) atoms. The fourth-order valence-electron chi connectivity index (χ4n) is 2.30. The number of methoxy groups -OCH3 is 1. The van der Waals surface area contributed by atoms with Crippen LogP contribution in [0.1, 0.15) is 25.7 Å². The fraction of sp³-hybridized carbons (Fsp3) is 1.00.